The summed E-state index contributed by atoms with van der Waals surface area (Å²) < 4.78 is 5.44. The molecule has 0 saturated heterocycles. The van der Waals surface area contributed by atoms with E-state index in [0.717, 1.165) is 0 Å². The van der Waals surface area contributed by atoms with Crippen molar-refractivity contribution in [1.29, 1.82) is 0 Å². The van der Waals surface area contributed by atoms with Crippen molar-refractivity contribution in [3.05, 3.63) is 61.2 Å². The number of esters is 1. The van der Waals surface area contributed by atoms with Gasteiger partial charge in [0.05, 0.1) is 6.42 Å². The number of carbonyl (C=O) groups excluding carboxylic acids is 1. The van der Waals surface area contributed by atoms with Crippen LogP contribution in [0.15, 0.2) is 55.6 Å². The van der Waals surface area contributed by atoms with Crippen LogP contribution in [0.1, 0.15) is 45.7 Å². The minimum absolute atomic E-state index is 0.0990. The normalized spacial score (nSPS) is 14.1. The van der Waals surface area contributed by atoms with Gasteiger partial charge in [-0.1, -0.05) is 42.5 Å². The Morgan fingerprint density at radius 2 is 1.87 bits per heavy atom. The van der Waals surface area contributed by atoms with Gasteiger partial charge in [-0.25, -0.2) is 0 Å². The van der Waals surface area contributed by atoms with Gasteiger partial charge in [-0.15, -0.1) is 13.2 Å². The molecule has 2 atom stereocenters. The number of rotatable bonds is 8. The number of hydrogen-bond acceptors (Lipinski definition) is 3. The van der Waals surface area contributed by atoms with Crippen molar-refractivity contribution < 1.29 is 9.53 Å². The third-order valence-electron chi connectivity index (χ3n) is 3.61. The fourth-order valence-electron chi connectivity index (χ4n) is 2.54. The van der Waals surface area contributed by atoms with Gasteiger partial charge < -0.3 is 4.74 Å². The molecule has 0 heterocycles. The molecule has 3 heteroatoms. The lowest BCUT2D eigenvalue weighted by Gasteiger charge is -2.34. The molecule has 0 aliphatic rings. The maximum Gasteiger partial charge on any atom is 0.308 e. The van der Waals surface area contributed by atoms with E-state index in [1.54, 1.807) is 0 Å². The highest BCUT2D eigenvalue weighted by Gasteiger charge is 2.26. The Morgan fingerprint density at radius 1 is 1.26 bits per heavy atom. The largest absolute Gasteiger partial charge is 0.460 e. The first-order valence-corrected chi connectivity index (χ1v) is 8.04. The van der Waals surface area contributed by atoms with Crippen LogP contribution in [0.2, 0.25) is 0 Å². The second kappa shape index (κ2) is 8.68. The summed E-state index contributed by atoms with van der Waals surface area (Å²) >= 11 is 0. The molecule has 0 saturated carbocycles. The highest BCUT2D eigenvalue weighted by molar-refractivity contribution is 5.71. The van der Waals surface area contributed by atoms with Crippen molar-refractivity contribution in [1.82, 2.24) is 4.90 Å². The van der Waals surface area contributed by atoms with Crippen LogP contribution >= 0.6 is 0 Å². The van der Waals surface area contributed by atoms with Crippen molar-refractivity contribution in [3.8, 4) is 0 Å². The molecule has 23 heavy (non-hydrogen) atoms. The molecule has 0 radical (unpaired) electrons. The first kappa shape index (κ1) is 19.2. The van der Waals surface area contributed by atoms with Crippen LogP contribution in [-0.2, 0) is 9.53 Å². The van der Waals surface area contributed by atoms with Crippen LogP contribution in [0.5, 0.6) is 0 Å². The molecule has 126 valence electrons. The Balaban J connectivity index is 2.90. The van der Waals surface area contributed by atoms with E-state index in [-0.39, 0.29) is 24.5 Å². The molecule has 0 unspecified atom stereocenters. The van der Waals surface area contributed by atoms with Crippen LogP contribution in [0, 0.1) is 0 Å². The van der Waals surface area contributed by atoms with Crippen LogP contribution in [0.3, 0.4) is 0 Å². The van der Waals surface area contributed by atoms with E-state index in [1.165, 1.54) is 5.56 Å². The summed E-state index contributed by atoms with van der Waals surface area (Å²) in [6, 6.07) is 10.3. The molecule has 0 N–H and O–H groups in total. The van der Waals surface area contributed by atoms with Gasteiger partial charge in [0.2, 0.25) is 0 Å². The first-order valence-electron chi connectivity index (χ1n) is 8.04. The minimum atomic E-state index is -0.475. The smallest absolute Gasteiger partial charge is 0.308 e. The molecule has 0 aromatic heterocycles. The molecular formula is C20H29NO2. The molecule has 0 aliphatic heterocycles. The van der Waals surface area contributed by atoms with Crippen molar-refractivity contribution in [3.63, 3.8) is 0 Å². The Kier molecular flexibility index (Phi) is 7.24. The molecule has 0 spiro atoms. The summed E-state index contributed by atoms with van der Waals surface area (Å²) in [7, 11) is 0. The second-order valence-corrected chi connectivity index (χ2v) is 6.67. The van der Waals surface area contributed by atoms with E-state index < -0.39 is 5.60 Å². The summed E-state index contributed by atoms with van der Waals surface area (Å²) in [5, 5.41) is 0. The van der Waals surface area contributed by atoms with Gasteiger partial charge >= 0.3 is 5.97 Å². The monoisotopic (exact) mass is 315 g/mol. The molecule has 0 amide bonds. The quantitative estimate of drug-likeness (QED) is 0.522. The highest BCUT2D eigenvalue weighted by atomic mass is 16.6. The molecular weight excluding hydrogens is 286 g/mol. The van der Waals surface area contributed by atoms with E-state index in [2.05, 4.69) is 37.1 Å². The van der Waals surface area contributed by atoms with Gasteiger partial charge in [0.25, 0.3) is 0 Å². The average Bonchev–Trinajstić information content (AvgIpc) is 2.49. The number of hydrogen-bond donors (Lipinski definition) is 0. The van der Waals surface area contributed by atoms with Crippen LogP contribution in [0.25, 0.3) is 0 Å². The van der Waals surface area contributed by atoms with E-state index in [9.17, 15) is 4.79 Å². The summed E-state index contributed by atoms with van der Waals surface area (Å²) in [6.07, 6.45) is 3.95. The summed E-state index contributed by atoms with van der Waals surface area (Å²) in [5.74, 6) is -0.211. The van der Waals surface area contributed by atoms with Crippen LogP contribution < -0.4 is 0 Å². The third kappa shape index (κ3) is 6.41. The molecule has 3 nitrogen and oxygen atoms in total. The van der Waals surface area contributed by atoms with Crippen molar-refractivity contribution >= 4 is 5.97 Å². The fourth-order valence-corrected chi connectivity index (χ4v) is 2.54. The van der Waals surface area contributed by atoms with Gasteiger partial charge in [0.15, 0.2) is 0 Å². The average molecular weight is 315 g/mol. The Labute approximate surface area is 140 Å². The standard InChI is InChI=1S/C20H29NO2/c1-7-14-21(16(3)17-12-10-9-11-13-17)18(8-2)15-19(22)23-20(4,5)6/h7-13,16,18H,1-2,14-15H2,3-6H3/t16-,18-/m0/s1. The second-order valence-electron chi connectivity index (χ2n) is 6.67. The number of ether oxygens (including phenoxy) is 1. The molecule has 0 aliphatic carbocycles. The predicted octanol–water partition coefficient (Wildman–Crippen LogP) is 4.52. The number of nitrogens with zero attached hydrogens (tertiary/aromatic N) is 1. The van der Waals surface area contributed by atoms with E-state index in [1.807, 2.05) is 51.1 Å². The number of carbonyl (C=O) groups is 1. The first-order chi connectivity index (χ1) is 10.8. The summed E-state index contributed by atoms with van der Waals surface area (Å²) in [4.78, 5) is 14.4. The zero-order chi connectivity index (χ0) is 17.5. The van der Waals surface area contributed by atoms with Crippen molar-refractivity contribution in [2.75, 3.05) is 6.54 Å². The van der Waals surface area contributed by atoms with Gasteiger partial charge in [-0.3, -0.25) is 9.69 Å². The van der Waals surface area contributed by atoms with E-state index >= 15 is 0 Å². The van der Waals surface area contributed by atoms with Crippen LogP contribution in [0.4, 0.5) is 0 Å². The van der Waals surface area contributed by atoms with Gasteiger partial charge in [0.1, 0.15) is 5.60 Å². The lowest BCUT2D eigenvalue weighted by Crippen LogP contribution is -2.39. The maximum absolute atomic E-state index is 12.2. The molecule has 0 bridgehead atoms. The van der Waals surface area contributed by atoms with Crippen LogP contribution in [-0.4, -0.2) is 29.1 Å². The summed E-state index contributed by atoms with van der Waals surface area (Å²) in [6.45, 7) is 16.2. The SMILES string of the molecule is C=CCN([C@@H](C=C)CC(=O)OC(C)(C)C)[C@@H](C)c1ccccc1. The van der Waals surface area contributed by atoms with Crippen molar-refractivity contribution in [2.24, 2.45) is 0 Å². The lowest BCUT2D eigenvalue weighted by atomic mass is 10.0. The van der Waals surface area contributed by atoms with E-state index in [4.69, 9.17) is 4.74 Å². The molecule has 0 fully saturated rings. The zero-order valence-corrected chi connectivity index (χ0v) is 14.8. The van der Waals surface area contributed by atoms with Gasteiger partial charge in [-0.2, -0.15) is 0 Å². The Hall–Kier alpha value is -1.87. The highest BCUT2D eigenvalue weighted by Crippen LogP contribution is 2.24. The van der Waals surface area contributed by atoms with Crippen molar-refractivity contribution in [2.45, 2.75) is 51.8 Å². The topological polar surface area (TPSA) is 29.5 Å². The van der Waals surface area contributed by atoms with Gasteiger partial charge in [0, 0.05) is 18.6 Å². The van der Waals surface area contributed by atoms with E-state index in [0.29, 0.717) is 6.54 Å². The maximum atomic E-state index is 12.2. The van der Waals surface area contributed by atoms with Gasteiger partial charge in [-0.05, 0) is 33.3 Å². The Bertz CT molecular complexity index is 516. The summed E-state index contributed by atoms with van der Waals surface area (Å²) in [5.41, 5.74) is 0.724. The minimum Gasteiger partial charge on any atom is -0.460 e. The number of benzene rings is 1. The molecule has 1 aromatic rings. The predicted molar refractivity (Wildman–Crippen MR) is 96.2 cm³/mol. The molecule has 1 rings (SSSR count). The fraction of sp³-hybridized carbons (Fsp3) is 0.450. The Morgan fingerprint density at radius 3 is 2.35 bits per heavy atom. The third-order valence-corrected chi connectivity index (χ3v) is 3.61. The lowest BCUT2D eigenvalue weighted by molar-refractivity contribution is -0.156. The zero-order valence-electron chi connectivity index (χ0n) is 14.8. The molecule has 1 aromatic carbocycles.